The van der Waals surface area contributed by atoms with Gasteiger partial charge < -0.3 is 11.1 Å². The first-order valence-electron chi connectivity index (χ1n) is 6.77. The zero-order valence-electron chi connectivity index (χ0n) is 11.5. The first kappa shape index (κ1) is 15.3. The van der Waals surface area contributed by atoms with Gasteiger partial charge in [-0.15, -0.1) is 0 Å². The molecule has 3 nitrogen and oxygen atoms in total. The van der Waals surface area contributed by atoms with Crippen LogP contribution >= 0.6 is 23.8 Å². The van der Waals surface area contributed by atoms with E-state index in [2.05, 4.69) is 12.2 Å². The Morgan fingerprint density at radius 1 is 1.45 bits per heavy atom. The van der Waals surface area contributed by atoms with Crippen LogP contribution in [-0.4, -0.2) is 17.4 Å². The molecule has 0 aromatic heterocycles. The molecule has 0 aliphatic heterocycles. The normalized spacial score (nSPS) is 24.8. The maximum atomic E-state index is 12.3. The van der Waals surface area contributed by atoms with Crippen molar-refractivity contribution in [1.29, 1.82) is 0 Å². The van der Waals surface area contributed by atoms with Gasteiger partial charge in [0.15, 0.2) is 0 Å². The van der Waals surface area contributed by atoms with Crippen LogP contribution in [0.2, 0.25) is 5.02 Å². The van der Waals surface area contributed by atoms with Crippen molar-refractivity contribution in [1.82, 2.24) is 5.32 Å². The molecule has 2 rings (SSSR count). The highest BCUT2D eigenvalue weighted by molar-refractivity contribution is 7.80. The summed E-state index contributed by atoms with van der Waals surface area (Å²) >= 11 is 10.9. The second-order valence-corrected chi connectivity index (χ2v) is 6.47. The maximum Gasteiger partial charge on any atom is 0.233 e. The standard InChI is InChI=1S/C15H19ClN2OS/c1-10-8-15(9-10,13(17)20)14(19)18-7-6-11-2-4-12(16)5-3-11/h2-5,10H,6-9H2,1H3,(H2,17,20)(H,18,19). The van der Waals surface area contributed by atoms with Gasteiger partial charge in [0.05, 0.1) is 10.4 Å². The molecular weight excluding hydrogens is 292 g/mol. The van der Waals surface area contributed by atoms with Gasteiger partial charge in [0, 0.05) is 11.6 Å². The number of nitrogens with two attached hydrogens (primary N) is 1. The van der Waals surface area contributed by atoms with Crippen LogP contribution in [0.3, 0.4) is 0 Å². The van der Waals surface area contributed by atoms with Gasteiger partial charge in [-0.2, -0.15) is 0 Å². The van der Waals surface area contributed by atoms with E-state index in [-0.39, 0.29) is 5.91 Å². The molecule has 0 heterocycles. The Labute approximate surface area is 129 Å². The van der Waals surface area contributed by atoms with E-state index in [0.29, 0.717) is 22.5 Å². The summed E-state index contributed by atoms with van der Waals surface area (Å²) in [4.78, 5) is 12.6. The molecule has 108 valence electrons. The van der Waals surface area contributed by atoms with E-state index < -0.39 is 5.41 Å². The van der Waals surface area contributed by atoms with Gasteiger partial charge in [-0.25, -0.2) is 0 Å². The third-order valence-corrected chi connectivity index (χ3v) is 4.56. The van der Waals surface area contributed by atoms with Gasteiger partial charge in [-0.1, -0.05) is 42.9 Å². The molecule has 1 fully saturated rings. The molecule has 1 aliphatic rings. The van der Waals surface area contributed by atoms with Crippen LogP contribution in [0.5, 0.6) is 0 Å². The topological polar surface area (TPSA) is 55.1 Å². The number of nitrogens with one attached hydrogen (secondary N) is 1. The van der Waals surface area contributed by atoms with Crippen LogP contribution in [0.25, 0.3) is 0 Å². The number of halogens is 1. The van der Waals surface area contributed by atoms with E-state index in [0.717, 1.165) is 24.8 Å². The van der Waals surface area contributed by atoms with E-state index >= 15 is 0 Å². The largest absolute Gasteiger partial charge is 0.392 e. The van der Waals surface area contributed by atoms with Crippen LogP contribution in [0.1, 0.15) is 25.3 Å². The molecule has 1 saturated carbocycles. The number of carbonyl (C=O) groups is 1. The van der Waals surface area contributed by atoms with Gasteiger partial charge in [-0.3, -0.25) is 4.79 Å². The van der Waals surface area contributed by atoms with Crippen LogP contribution < -0.4 is 11.1 Å². The first-order chi connectivity index (χ1) is 9.44. The monoisotopic (exact) mass is 310 g/mol. The van der Waals surface area contributed by atoms with Crippen molar-refractivity contribution in [3.05, 3.63) is 34.9 Å². The number of hydrogen-bond acceptors (Lipinski definition) is 2. The van der Waals surface area contributed by atoms with Crippen LogP contribution in [0, 0.1) is 11.3 Å². The van der Waals surface area contributed by atoms with Gasteiger partial charge in [0.25, 0.3) is 0 Å². The molecule has 0 unspecified atom stereocenters. The molecule has 0 saturated heterocycles. The molecule has 0 atom stereocenters. The molecule has 0 radical (unpaired) electrons. The summed E-state index contributed by atoms with van der Waals surface area (Å²) in [6.07, 6.45) is 2.29. The molecule has 1 amide bonds. The minimum absolute atomic E-state index is 0.0305. The highest BCUT2D eigenvalue weighted by atomic mass is 35.5. The molecule has 1 aliphatic carbocycles. The lowest BCUT2D eigenvalue weighted by Crippen LogP contribution is -2.56. The lowest BCUT2D eigenvalue weighted by molar-refractivity contribution is -0.132. The minimum Gasteiger partial charge on any atom is -0.392 e. The lowest BCUT2D eigenvalue weighted by Gasteiger charge is -2.44. The minimum atomic E-state index is -0.616. The third kappa shape index (κ3) is 3.13. The van der Waals surface area contributed by atoms with Crippen molar-refractivity contribution < 1.29 is 4.79 Å². The highest BCUT2D eigenvalue weighted by Crippen LogP contribution is 2.45. The molecule has 1 aromatic carbocycles. The van der Waals surface area contributed by atoms with E-state index in [4.69, 9.17) is 29.6 Å². The Kier molecular flexibility index (Phi) is 4.66. The third-order valence-electron chi connectivity index (χ3n) is 3.91. The van der Waals surface area contributed by atoms with Crippen molar-refractivity contribution in [3.63, 3.8) is 0 Å². The SMILES string of the molecule is CC1CC(C(=O)NCCc2ccc(Cl)cc2)(C(N)=S)C1. The van der Waals surface area contributed by atoms with Gasteiger partial charge >= 0.3 is 0 Å². The summed E-state index contributed by atoms with van der Waals surface area (Å²) in [5.41, 5.74) is 6.27. The molecule has 3 N–H and O–H groups in total. The molecule has 20 heavy (non-hydrogen) atoms. The van der Waals surface area contributed by atoms with Gasteiger partial charge in [0.1, 0.15) is 0 Å². The summed E-state index contributed by atoms with van der Waals surface area (Å²) in [6.45, 7) is 2.69. The molecular formula is C15H19ClN2OS. The summed E-state index contributed by atoms with van der Waals surface area (Å²) in [7, 11) is 0. The van der Waals surface area contributed by atoms with Crippen molar-refractivity contribution in [2.45, 2.75) is 26.2 Å². The molecule has 0 bridgehead atoms. The summed E-state index contributed by atoms with van der Waals surface area (Å²) in [5.74, 6) is 0.482. The Morgan fingerprint density at radius 3 is 2.55 bits per heavy atom. The van der Waals surface area contributed by atoms with Crippen molar-refractivity contribution in [3.8, 4) is 0 Å². The first-order valence-corrected chi connectivity index (χ1v) is 7.55. The van der Waals surface area contributed by atoms with E-state index in [9.17, 15) is 4.79 Å². The summed E-state index contributed by atoms with van der Waals surface area (Å²) < 4.78 is 0. The number of benzene rings is 1. The second kappa shape index (κ2) is 6.10. The zero-order valence-corrected chi connectivity index (χ0v) is 13.1. The maximum absolute atomic E-state index is 12.3. The average molecular weight is 311 g/mol. The quantitative estimate of drug-likeness (QED) is 0.822. The van der Waals surface area contributed by atoms with Crippen LogP contribution in [0.15, 0.2) is 24.3 Å². The van der Waals surface area contributed by atoms with E-state index in [1.54, 1.807) is 0 Å². The Morgan fingerprint density at radius 2 is 2.05 bits per heavy atom. The number of hydrogen-bond donors (Lipinski definition) is 2. The van der Waals surface area contributed by atoms with E-state index in [1.165, 1.54) is 0 Å². The summed E-state index contributed by atoms with van der Waals surface area (Å²) in [5, 5.41) is 3.67. The summed E-state index contributed by atoms with van der Waals surface area (Å²) in [6, 6.07) is 7.62. The predicted molar refractivity (Wildman–Crippen MR) is 85.8 cm³/mol. The van der Waals surface area contributed by atoms with Gasteiger partial charge in [-0.05, 0) is 42.9 Å². The zero-order chi connectivity index (χ0) is 14.8. The van der Waals surface area contributed by atoms with Gasteiger partial charge in [0.2, 0.25) is 5.91 Å². The van der Waals surface area contributed by atoms with Crippen molar-refractivity contribution in [2.75, 3.05) is 6.54 Å². The molecule has 5 heteroatoms. The highest BCUT2D eigenvalue weighted by Gasteiger charge is 2.50. The molecule has 1 aromatic rings. The Balaban J connectivity index is 1.86. The van der Waals surface area contributed by atoms with Crippen LogP contribution in [0.4, 0.5) is 0 Å². The number of carbonyl (C=O) groups excluding carboxylic acids is 1. The van der Waals surface area contributed by atoms with Crippen molar-refractivity contribution >= 4 is 34.7 Å². The fraction of sp³-hybridized carbons (Fsp3) is 0.467. The van der Waals surface area contributed by atoms with Crippen LogP contribution in [-0.2, 0) is 11.2 Å². The number of amides is 1. The van der Waals surface area contributed by atoms with E-state index in [1.807, 2.05) is 24.3 Å². The predicted octanol–water partition coefficient (Wildman–Crippen LogP) is 2.70. The fourth-order valence-electron chi connectivity index (χ4n) is 2.77. The van der Waals surface area contributed by atoms with Crippen molar-refractivity contribution in [2.24, 2.45) is 17.1 Å². The smallest absolute Gasteiger partial charge is 0.233 e. The fourth-order valence-corrected chi connectivity index (χ4v) is 3.15. The Bertz CT molecular complexity index is 509. The average Bonchev–Trinajstić information content (AvgIpc) is 2.36. The second-order valence-electron chi connectivity index (χ2n) is 5.59. The Hall–Kier alpha value is -1.13. The lowest BCUT2D eigenvalue weighted by atomic mass is 9.62. The molecule has 0 spiro atoms. The number of rotatable bonds is 5. The number of thiocarbonyl (C=S) groups is 1.